The molecule has 0 atom stereocenters. The number of hydrogen-bond acceptors (Lipinski definition) is 5. The molecule has 0 aliphatic heterocycles. The Hall–Kier alpha value is -3.06. The third-order valence-electron chi connectivity index (χ3n) is 3.55. The van der Waals surface area contributed by atoms with Crippen molar-refractivity contribution in [3.05, 3.63) is 52.5 Å². The lowest BCUT2D eigenvalue weighted by molar-refractivity contribution is -0.116. The number of benzene rings is 2. The molecule has 1 amide bonds. The maximum atomic E-state index is 12.3. The van der Waals surface area contributed by atoms with Crippen LogP contribution in [0.25, 0.3) is 0 Å². The van der Waals surface area contributed by atoms with Crippen LogP contribution in [0.1, 0.15) is 33.6 Å². The standard InChI is InChI=1S/C18H16ClNO6/c1-26-16-6-2-10(19)8-13(16)14(21)5-7-17(23)20-11-3-4-12(18(24)25)15(22)9-11/h2-4,6,8-9,22H,5,7H2,1H3,(H,20,23)(H,24,25). The van der Waals surface area contributed by atoms with Crippen molar-refractivity contribution < 1.29 is 29.3 Å². The molecular weight excluding hydrogens is 362 g/mol. The molecule has 2 aromatic rings. The molecule has 136 valence electrons. The molecule has 0 saturated heterocycles. The molecule has 0 saturated carbocycles. The highest BCUT2D eigenvalue weighted by molar-refractivity contribution is 6.31. The zero-order valence-corrected chi connectivity index (χ0v) is 14.5. The monoisotopic (exact) mass is 377 g/mol. The van der Waals surface area contributed by atoms with E-state index in [1.807, 2.05) is 0 Å². The third kappa shape index (κ3) is 4.73. The quantitative estimate of drug-likeness (QED) is 0.638. The van der Waals surface area contributed by atoms with Crippen molar-refractivity contribution in [2.75, 3.05) is 12.4 Å². The Bertz CT molecular complexity index is 865. The number of carbonyl (C=O) groups excluding carboxylic acids is 2. The Labute approximate surface area is 154 Å². The number of Topliss-reactive ketones (excluding diaryl/α,β-unsaturated/α-hetero) is 1. The number of phenols is 1. The van der Waals surface area contributed by atoms with E-state index in [1.165, 1.54) is 25.3 Å². The summed E-state index contributed by atoms with van der Waals surface area (Å²) in [6.07, 6.45) is -0.169. The largest absolute Gasteiger partial charge is 0.507 e. The molecule has 0 aliphatic carbocycles. The topological polar surface area (TPSA) is 113 Å². The van der Waals surface area contributed by atoms with Crippen LogP contribution in [0, 0.1) is 0 Å². The Morgan fingerprint density at radius 1 is 1.08 bits per heavy atom. The molecule has 0 aliphatic rings. The number of hydrogen-bond donors (Lipinski definition) is 3. The highest BCUT2D eigenvalue weighted by atomic mass is 35.5. The van der Waals surface area contributed by atoms with E-state index >= 15 is 0 Å². The van der Waals surface area contributed by atoms with Crippen LogP contribution in [0.15, 0.2) is 36.4 Å². The zero-order valence-electron chi connectivity index (χ0n) is 13.8. The summed E-state index contributed by atoms with van der Waals surface area (Å²) in [6, 6.07) is 8.30. The van der Waals surface area contributed by atoms with Gasteiger partial charge in [-0.05, 0) is 30.3 Å². The Morgan fingerprint density at radius 2 is 1.81 bits per heavy atom. The minimum absolute atomic E-state index is 0.0677. The number of carboxylic acids is 1. The number of carboxylic acid groups (broad SMARTS) is 1. The van der Waals surface area contributed by atoms with Gasteiger partial charge in [0.05, 0.1) is 12.7 Å². The van der Waals surface area contributed by atoms with Crippen molar-refractivity contribution in [2.45, 2.75) is 12.8 Å². The number of anilines is 1. The van der Waals surface area contributed by atoms with E-state index in [0.717, 1.165) is 6.07 Å². The number of amides is 1. The highest BCUT2D eigenvalue weighted by Crippen LogP contribution is 2.25. The fraction of sp³-hybridized carbons (Fsp3) is 0.167. The van der Waals surface area contributed by atoms with Gasteiger partial charge in [0.2, 0.25) is 5.91 Å². The van der Waals surface area contributed by atoms with Crippen LogP contribution in [0.3, 0.4) is 0 Å². The second-order valence-corrected chi connectivity index (χ2v) is 5.79. The molecule has 8 heteroatoms. The predicted molar refractivity (Wildman–Crippen MR) is 95.3 cm³/mol. The summed E-state index contributed by atoms with van der Waals surface area (Å²) < 4.78 is 5.11. The number of aromatic carboxylic acids is 1. The SMILES string of the molecule is COc1ccc(Cl)cc1C(=O)CCC(=O)Nc1ccc(C(=O)O)c(O)c1. The van der Waals surface area contributed by atoms with Crippen LogP contribution in [-0.4, -0.2) is 35.0 Å². The minimum Gasteiger partial charge on any atom is -0.507 e. The lowest BCUT2D eigenvalue weighted by Gasteiger charge is -2.09. The van der Waals surface area contributed by atoms with Crippen LogP contribution in [-0.2, 0) is 4.79 Å². The maximum absolute atomic E-state index is 12.3. The molecule has 0 spiro atoms. The van der Waals surface area contributed by atoms with Gasteiger partial charge in [0.25, 0.3) is 0 Å². The molecule has 3 N–H and O–H groups in total. The summed E-state index contributed by atoms with van der Waals surface area (Å²) in [4.78, 5) is 35.1. The van der Waals surface area contributed by atoms with E-state index in [0.29, 0.717) is 10.8 Å². The number of nitrogens with one attached hydrogen (secondary N) is 1. The van der Waals surface area contributed by atoms with E-state index in [2.05, 4.69) is 5.32 Å². The molecule has 26 heavy (non-hydrogen) atoms. The third-order valence-corrected chi connectivity index (χ3v) is 3.79. The van der Waals surface area contributed by atoms with Gasteiger partial charge in [-0.3, -0.25) is 9.59 Å². The van der Waals surface area contributed by atoms with Crippen molar-refractivity contribution in [3.63, 3.8) is 0 Å². The second kappa shape index (κ2) is 8.35. The summed E-state index contributed by atoms with van der Waals surface area (Å²) >= 11 is 5.89. The Balaban J connectivity index is 1.99. The van der Waals surface area contributed by atoms with Crippen LogP contribution in [0.2, 0.25) is 5.02 Å². The first-order valence-corrected chi connectivity index (χ1v) is 7.92. The number of aromatic hydroxyl groups is 1. The van der Waals surface area contributed by atoms with Crippen molar-refractivity contribution >= 4 is 34.9 Å². The van der Waals surface area contributed by atoms with Gasteiger partial charge < -0.3 is 20.3 Å². The first kappa shape index (κ1) is 19.3. The molecule has 0 aromatic heterocycles. The van der Waals surface area contributed by atoms with Gasteiger partial charge in [0.15, 0.2) is 5.78 Å². The number of rotatable bonds is 7. The maximum Gasteiger partial charge on any atom is 0.339 e. The molecule has 0 heterocycles. The average Bonchev–Trinajstić information content (AvgIpc) is 2.59. The van der Waals surface area contributed by atoms with Crippen LogP contribution >= 0.6 is 11.6 Å². The van der Waals surface area contributed by atoms with Gasteiger partial charge in [0.1, 0.15) is 17.1 Å². The zero-order chi connectivity index (χ0) is 19.3. The average molecular weight is 378 g/mol. The van der Waals surface area contributed by atoms with Crippen LogP contribution in [0.5, 0.6) is 11.5 Å². The number of methoxy groups -OCH3 is 1. The van der Waals surface area contributed by atoms with E-state index in [9.17, 15) is 19.5 Å². The second-order valence-electron chi connectivity index (χ2n) is 5.35. The van der Waals surface area contributed by atoms with Crippen molar-refractivity contribution in [3.8, 4) is 11.5 Å². The first-order valence-electron chi connectivity index (χ1n) is 7.54. The van der Waals surface area contributed by atoms with E-state index < -0.39 is 17.6 Å². The van der Waals surface area contributed by atoms with Crippen molar-refractivity contribution in [2.24, 2.45) is 0 Å². The predicted octanol–water partition coefficient (Wildman–Crippen LogP) is 3.35. The van der Waals surface area contributed by atoms with Crippen LogP contribution < -0.4 is 10.1 Å². The van der Waals surface area contributed by atoms with E-state index in [1.54, 1.807) is 12.1 Å². The number of ether oxygens (including phenoxy) is 1. The van der Waals surface area contributed by atoms with Gasteiger partial charge in [-0.1, -0.05) is 11.6 Å². The minimum atomic E-state index is -1.28. The Morgan fingerprint density at radius 3 is 2.42 bits per heavy atom. The molecule has 0 radical (unpaired) electrons. The van der Waals surface area contributed by atoms with Gasteiger partial charge in [-0.25, -0.2) is 4.79 Å². The van der Waals surface area contributed by atoms with Crippen molar-refractivity contribution in [1.82, 2.24) is 0 Å². The summed E-state index contributed by atoms with van der Waals surface area (Å²) in [5, 5.41) is 21.3. The number of carbonyl (C=O) groups is 3. The van der Waals surface area contributed by atoms with Crippen molar-refractivity contribution in [1.29, 1.82) is 0 Å². The highest BCUT2D eigenvalue weighted by Gasteiger charge is 2.15. The van der Waals surface area contributed by atoms with E-state index in [-0.39, 0.29) is 35.4 Å². The lowest BCUT2D eigenvalue weighted by Crippen LogP contribution is -2.14. The Kier molecular flexibility index (Phi) is 6.19. The van der Waals surface area contributed by atoms with Gasteiger partial charge in [-0.2, -0.15) is 0 Å². The first-order chi connectivity index (χ1) is 12.3. The normalized spacial score (nSPS) is 10.2. The summed E-state index contributed by atoms with van der Waals surface area (Å²) in [6.45, 7) is 0. The molecule has 0 unspecified atom stereocenters. The molecule has 7 nitrogen and oxygen atoms in total. The molecule has 2 aromatic carbocycles. The summed E-state index contributed by atoms with van der Waals surface area (Å²) in [5.74, 6) is -2.13. The fourth-order valence-electron chi connectivity index (χ4n) is 2.27. The van der Waals surface area contributed by atoms with Crippen LogP contribution in [0.4, 0.5) is 5.69 Å². The number of halogens is 1. The molecule has 0 fully saturated rings. The van der Waals surface area contributed by atoms with Gasteiger partial charge in [0, 0.05) is 29.6 Å². The fourth-order valence-corrected chi connectivity index (χ4v) is 2.45. The molecular formula is C18H16ClNO6. The molecule has 0 bridgehead atoms. The van der Waals surface area contributed by atoms with Gasteiger partial charge in [-0.15, -0.1) is 0 Å². The van der Waals surface area contributed by atoms with E-state index in [4.69, 9.17) is 21.4 Å². The summed E-state index contributed by atoms with van der Waals surface area (Å²) in [7, 11) is 1.43. The molecule has 2 rings (SSSR count). The van der Waals surface area contributed by atoms with Gasteiger partial charge >= 0.3 is 5.97 Å². The smallest absolute Gasteiger partial charge is 0.339 e. The summed E-state index contributed by atoms with van der Waals surface area (Å²) in [5.41, 5.74) is 0.243. The number of ketones is 1. The lowest BCUT2D eigenvalue weighted by atomic mass is 10.1.